The van der Waals surface area contributed by atoms with E-state index in [0.29, 0.717) is 17.3 Å². The number of halogens is 6. The number of anilines is 1. The molecule has 4 rings (SSSR count). The van der Waals surface area contributed by atoms with Crippen molar-refractivity contribution in [1.82, 2.24) is 20.5 Å². The van der Waals surface area contributed by atoms with Crippen LogP contribution in [0.5, 0.6) is 0 Å². The van der Waals surface area contributed by atoms with Gasteiger partial charge in [-0.1, -0.05) is 32.6 Å². The van der Waals surface area contributed by atoms with E-state index in [0.717, 1.165) is 37.1 Å². The summed E-state index contributed by atoms with van der Waals surface area (Å²) in [7, 11) is 0. The molecule has 2 atom stereocenters. The first kappa shape index (κ1) is 32.6. The molecule has 16 heteroatoms. The molecule has 0 radical (unpaired) electrons. The summed E-state index contributed by atoms with van der Waals surface area (Å²) in [4.78, 5) is 37.5. The summed E-state index contributed by atoms with van der Waals surface area (Å²) >= 11 is 0. The predicted molar refractivity (Wildman–Crippen MR) is 131 cm³/mol. The van der Waals surface area contributed by atoms with E-state index < -0.39 is 24.3 Å². The lowest BCUT2D eigenvalue weighted by Gasteiger charge is -2.27. The molecule has 2 aliphatic rings. The first-order chi connectivity index (χ1) is 18.6. The minimum absolute atomic E-state index is 0.0593. The van der Waals surface area contributed by atoms with Gasteiger partial charge in [0.25, 0.3) is 5.91 Å². The van der Waals surface area contributed by atoms with Gasteiger partial charge < -0.3 is 20.4 Å². The second kappa shape index (κ2) is 14.2. The van der Waals surface area contributed by atoms with Crippen molar-refractivity contribution in [1.29, 1.82) is 0 Å². The average Bonchev–Trinajstić information content (AvgIpc) is 3.08. The van der Waals surface area contributed by atoms with E-state index in [1.165, 1.54) is 38.5 Å². The van der Waals surface area contributed by atoms with E-state index >= 15 is 0 Å². The van der Waals surface area contributed by atoms with Crippen molar-refractivity contribution in [3.63, 3.8) is 0 Å². The normalized spacial score (nSPS) is 19.8. The van der Waals surface area contributed by atoms with Crippen molar-refractivity contribution < 1.29 is 50.9 Å². The molecule has 224 valence electrons. The minimum atomic E-state index is -5.08. The number of pyridine rings is 1. The number of carboxylic acids is 2. The van der Waals surface area contributed by atoms with Gasteiger partial charge in [0.15, 0.2) is 5.65 Å². The van der Waals surface area contributed by atoms with Crippen LogP contribution in [0.4, 0.5) is 32.2 Å². The highest BCUT2D eigenvalue weighted by atomic mass is 19.4. The minimum Gasteiger partial charge on any atom is -0.475 e. The molecule has 0 spiro atoms. The molecule has 1 saturated carbocycles. The van der Waals surface area contributed by atoms with Crippen LogP contribution in [0.1, 0.15) is 68.8 Å². The van der Waals surface area contributed by atoms with Crippen LogP contribution in [0.2, 0.25) is 0 Å². The van der Waals surface area contributed by atoms with Crippen LogP contribution >= 0.6 is 0 Å². The highest BCUT2D eigenvalue weighted by Crippen LogP contribution is 2.25. The SMILES string of the molecule is CC1CCCC(NC(=O)c2[nH]nc3nc(N4CCCCCC4)ccc23)C1.O=C(O)C(F)(F)F.O=C(O)C(F)(F)F. The van der Waals surface area contributed by atoms with Crippen LogP contribution in [0.15, 0.2) is 12.1 Å². The molecule has 1 amide bonds. The molecule has 4 N–H and O–H groups in total. The number of hydrogen-bond acceptors (Lipinski definition) is 6. The van der Waals surface area contributed by atoms with Crippen LogP contribution in [0.25, 0.3) is 11.0 Å². The number of aliphatic carboxylic acids is 2. The van der Waals surface area contributed by atoms with E-state index in [-0.39, 0.29) is 11.9 Å². The number of rotatable bonds is 3. The Hall–Kier alpha value is -3.59. The second-order valence-electron chi connectivity index (χ2n) is 9.59. The Labute approximate surface area is 225 Å². The maximum atomic E-state index is 12.7. The largest absolute Gasteiger partial charge is 0.490 e. The Kier molecular flexibility index (Phi) is 11.5. The number of carbonyl (C=O) groups is 3. The van der Waals surface area contributed by atoms with Crippen molar-refractivity contribution >= 4 is 34.7 Å². The third-order valence-corrected chi connectivity index (χ3v) is 6.32. The van der Waals surface area contributed by atoms with Crippen LogP contribution in [0, 0.1) is 5.92 Å². The molecule has 3 heterocycles. The van der Waals surface area contributed by atoms with Gasteiger partial charge in [0.1, 0.15) is 11.5 Å². The highest BCUT2D eigenvalue weighted by Gasteiger charge is 2.38. The lowest BCUT2D eigenvalue weighted by Crippen LogP contribution is -2.38. The first-order valence-corrected chi connectivity index (χ1v) is 12.6. The number of alkyl halides is 6. The number of hydrogen-bond donors (Lipinski definition) is 4. The van der Waals surface area contributed by atoms with Crippen molar-refractivity contribution in [2.75, 3.05) is 18.0 Å². The van der Waals surface area contributed by atoms with Gasteiger partial charge in [0, 0.05) is 19.1 Å². The first-order valence-electron chi connectivity index (χ1n) is 12.6. The van der Waals surface area contributed by atoms with Crippen molar-refractivity contribution in [2.45, 2.75) is 76.7 Å². The lowest BCUT2D eigenvalue weighted by molar-refractivity contribution is -0.193. The quantitative estimate of drug-likeness (QED) is 0.373. The number of aromatic amines is 1. The number of amides is 1. The third-order valence-electron chi connectivity index (χ3n) is 6.32. The average molecular weight is 584 g/mol. The number of carboxylic acid groups (broad SMARTS) is 2. The molecule has 10 nitrogen and oxygen atoms in total. The van der Waals surface area contributed by atoms with Crippen LogP contribution in [-0.4, -0.2) is 74.7 Å². The third kappa shape index (κ3) is 10.2. The lowest BCUT2D eigenvalue weighted by atomic mass is 9.87. The van der Waals surface area contributed by atoms with E-state index in [2.05, 4.69) is 27.3 Å². The predicted octanol–water partition coefficient (Wildman–Crippen LogP) is 4.91. The van der Waals surface area contributed by atoms with Crippen molar-refractivity contribution in [3.05, 3.63) is 17.8 Å². The maximum absolute atomic E-state index is 12.7. The van der Waals surface area contributed by atoms with E-state index in [1.54, 1.807) is 0 Å². The second-order valence-corrected chi connectivity index (χ2v) is 9.59. The molecular formula is C24H31F6N5O5. The number of carbonyl (C=O) groups excluding carboxylic acids is 1. The van der Waals surface area contributed by atoms with Crippen molar-refractivity contribution in [3.8, 4) is 0 Å². The molecule has 1 saturated heterocycles. The Balaban J connectivity index is 0.000000333. The molecule has 2 fully saturated rings. The standard InChI is InChI=1S/C20H29N5O.2C2HF3O2/c1-14-7-6-8-15(13-14)21-20(26)18-16-9-10-17(22-19(16)24-23-18)25-11-4-2-3-5-12-25;2*3-2(4,5)1(6)7/h9-10,14-15H,2-8,11-13H2,1H3,(H,21,26)(H,22,23,24);2*(H,6,7). The maximum Gasteiger partial charge on any atom is 0.490 e. The van der Waals surface area contributed by atoms with Gasteiger partial charge in [-0.15, -0.1) is 0 Å². The number of nitrogens with one attached hydrogen (secondary N) is 2. The monoisotopic (exact) mass is 583 g/mol. The Morgan fingerprint density at radius 2 is 1.48 bits per heavy atom. The zero-order chi connectivity index (χ0) is 30.1. The van der Waals surface area contributed by atoms with Crippen LogP contribution < -0.4 is 10.2 Å². The summed E-state index contributed by atoms with van der Waals surface area (Å²) in [6.07, 6.45) is -0.550. The summed E-state index contributed by atoms with van der Waals surface area (Å²) in [6, 6.07) is 4.29. The van der Waals surface area contributed by atoms with Crippen molar-refractivity contribution in [2.24, 2.45) is 5.92 Å². The fourth-order valence-corrected chi connectivity index (χ4v) is 4.36. The topological polar surface area (TPSA) is 149 Å². The van der Waals surface area contributed by atoms with Crippen LogP contribution in [-0.2, 0) is 9.59 Å². The fourth-order valence-electron chi connectivity index (χ4n) is 4.36. The molecule has 1 aliphatic carbocycles. The van der Waals surface area contributed by atoms with E-state index in [4.69, 9.17) is 24.8 Å². The van der Waals surface area contributed by atoms with Crippen LogP contribution in [0.3, 0.4) is 0 Å². The molecule has 0 bridgehead atoms. The Morgan fingerprint density at radius 1 is 0.925 bits per heavy atom. The molecule has 2 aromatic rings. The summed E-state index contributed by atoms with van der Waals surface area (Å²) in [6.45, 7) is 4.37. The molecule has 40 heavy (non-hydrogen) atoms. The molecular weight excluding hydrogens is 552 g/mol. The van der Waals surface area contributed by atoms with E-state index in [1.807, 2.05) is 12.1 Å². The van der Waals surface area contributed by atoms with E-state index in [9.17, 15) is 31.1 Å². The summed E-state index contributed by atoms with van der Waals surface area (Å²) in [5, 5.41) is 25.5. The highest BCUT2D eigenvalue weighted by molar-refractivity contribution is 6.04. The van der Waals surface area contributed by atoms with Gasteiger partial charge in [-0.3, -0.25) is 9.89 Å². The molecule has 2 aromatic heterocycles. The molecule has 2 unspecified atom stereocenters. The Bertz CT molecular complexity index is 1120. The number of aromatic nitrogens is 3. The smallest absolute Gasteiger partial charge is 0.475 e. The number of nitrogens with zero attached hydrogens (tertiary/aromatic N) is 3. The fraction of sp³-hybridized carbons (Fsp3) is 0.625. The summed E-state index contributed by atoms with van der Waals surface area (Å²) in [5.41, 5.74) is 1.17. The van der Waals surface area contributed by atoms with Gasteiger partial charge >= 0.3 is 24.3 Å². The van der Waals surface area contributed by atoms with Gasteiger partial charge in [-0.2, -0.15) is 31.4 Å². The van der Waals surface area contributed by atoms with Gasteiger partial charge in [-0.25, -0.2) is 14.6 Å². The zero-order valence-electron chi connectivity index (χ0n) is 21.6. The van der Waals surface area contributed by atoms with Gasteiger partial charge in [0.05, 0.1) is 5.39 Å². The summed E-state index contributed by atoms with van der Waals surface area (Å²) in [5.74, 6) is -3.92. The zero-order valence-corrected chi connectivity index (χ0v) is 21.6. The summed E-state index contributed by atoms with van der Waals surface area (Å²) < 4.78 is 63.5. The van der Waals surface area contributed by atoms with Gasteiger partial charge in [-0.05, 0) is 43.7 Å². The number of H-pyrrole nitrogens is 1. The number of fused-ring (bicyclic) bond motifs is 1. The molecule has 1 aliphatic heterocycles. The Morgan fingerprint density at radius 3 is 1.98 bits per heavy atom. The molecule has 0 aromatic carbocycles. The van der Waals surface area contributed by atoms with Gasteiger partial charge in [0.2, 0.25) is 0 Å².